The van der Waals surface area contributed by atoms with Crippen molar-refractivity contribution in [3.63, 3.8) is 0 Å². The monoisotopic (exact) mass is 333 g/mol. The molecule has 0 aliphatic rings. The first-order chi connectivity index (χ1) is 8.99. The van der Waals surface area contributed by atoms with E-state index in [0.29, 0.717) is 14.9 Å². The summed E-state index contributed by atoms with van der Waals surface area (Å²) < 4.78 is 0.692. The molecule has 0 saturated heterocycles. The lowest BCUT2D eigenvalue weighted by atomic mass is 10.2. The maximum Gasteiger partial charge on any atom is 0.253 e. The zero-order valence-corrected chi connectivity index (χ0v) is 13.0. The number of carbonyl (C=O) groups is 1. The Labute approximate surface area is 130 Å². The second kappa shape index (κ2) is 6.14. The maximum absolute atomic E-state index is 12.1. The minimum absolute atomic E-state index is 0.139. The Bertz CT molecular complexity index is 612. The fourth-order valence-corrected chi connectivity index (χ4v) is 3.04. The molecular weight excluding hydrogens is 325 g/mol. The molecule has 0 radical (unpaired) electrons. The molecule has 2 aromatic rings. The lowest BCUT2D eigenvalue weighted by Crippen LogP contribution is -2.26. The molecule has 100 valence electrons. The Morgan fingerprint density at radius 2 is 1.95 bits per heavy atom. The SMILES string of the molecule is CC(NC(=O)c1cccc(Cl)c1Cl)c1ccc(Cl)s1. The van der Waals surface area contributed by atoms with Crippen molar-refractivity contribution in [1.29, 1.82) is 0 Å². The first-order valence-electron chi connectivity index (χ1n) is 5.49. The highest BCUT2D eigenvalue weighted by Gasteiger charge is 2.16. The molecule has 1 N–H and O–H groups in total. The van der Waals surface area contributed by atoms with E-state index in [2.05, 4.69) is 5.32 Å². The van der Waals surface area contributed by atoms with Gasteiger partial charge in [-0.05, 0) is 31.2 Å². The first kappa shape index (κ1) is 14.7. The highest BCUT2D eigenvalue weighted by atomic mass is 35.5. The molecule has 6 heteroatoms. The van der Waals surface area contributed by atoms with E-state index in [1.165, 1.54) is 11.3 Å². The van der Waals surface area contributed by atoms with E-state index in [4.69, 9.17) is 34.8 Å². The van der Waals surface area contributed by atoms with Crippen LogP contribution >= 0.6 is 46.1 Å². The summed E-state index contributed by atoms with van der Waals surface area (Å²) in [6, 6.07) is 8.52. The molecule has 19 heavy (non-hydrogen) atoms. The van der Waals surface area contributed by atoms with E-state index >= 15 is 0 Å². The van der Waals surface area contributed by atoms with Gasteiger partial charge in [0.2, 0.25) is 0 Å². The highest BCUT2D eigenvalue weighted by molar-refractivity contribution is 7.16. The number of hydrogen-bond acceptors (Lipinski definition) is 2. The van der Waals surface area contributed by atoms with Crippen molar-refractivity contribution in [3.05, 3.63) is 55.2 Å². The van der Waals surface area contributed by atoms with Crippen LogP contribution in [0.15, 0.2) is 30.3 Å². The van der Waals surface area contributed by atoms with Crippen molar-refractivity contribution in [2.24, 2.45) is 0 Å². The zero-order valence-electron chi connectivity index (χ0n) is 9.91. The van der Waals surface area contributed by atoms with Gasteiger partial charge in [-0.25, -0.2) is 0 Å². The number of nitrogens with one attached hydrogen (secondary N) is 1. The van der Waals surface area contributed by atoms with Crippen molar-refractivity contribution in [1.82, 2.24) is 5.32 Å². The molecule has 1 unspecified atom stereocenters. The first-order valence-corrected chi connectivity index (χ1v) is 7.44. The van der Waals surface area contributed by atoms with E-state index in [0.717, 1.165) is 4.88 Å². The second-order valence-electron chi connectivity index (χ2n) is 3.94. The van der Waals surface area contributed by atoms with Crippen molar-refractivity contribution >= 4 is 52.0 Å². The molecule has 0 bridgehead atoms. The lowest BCUT2D eigenvalue weighted by Gasteiger charge is -2.13. The van der Waals surface area contributed by atoms with Crippen LogP contribution in [-0.4, -0.2) is 5.91 Å². The van der Waals surface area contributed by atoms with Crippen molar-refractivity contribution in [3.8, 4) is 0 Å². The summed E-state index contributed by atoms with van der Waals surface area (Å²) in [5, 5.41) is 3.49. The summed E-state index contributed by atoms with van der Waals surface area (Å²) in [4.78, 5) is 13.1. The number of benzene rings is 1. The molecule has 2 rings (SSSR count). The second-order valence-corrected chi connectivity index (χ2v) is 6.47. The van der Waals surface area contributed by atoms with Crippen LogP contribution in [0.4, 0.5) is 0 Å². The number of halogens is 3. The summed E-state index contributed by atoms with van der Waals surface area (Å²) in [6.07, 6.45) is 0. The summed E-state index contributed by atoms with van der Waals surface area (Å²) in [5.74, 6) is -0.260. The van der Waals surface area contributed by atoms with Gasteiger partial charge in [-0.1, -0.05) is 40.9 Å². The Hall–Kier alpha value is -0.740. The van der Waals surface area contributed by atoms with Crippen LogP contribution in [0.5, 0.6) is 0 Å². The third-order valence-electron chi connectivity index (χ3n) is 2.56. The summed E-state index contributed by atoms with van der Waals surface area (Å²) in [5.41, 5.74) is 0.365. The minimum Gasteiger partial charge on any atom is -0.345 e. The standard InChI is InChI=1S/C13H10Cl3NOS/c1-7(10-5-6-11(15)19-10)17-13(18)8-3-2-4-9(14)12(8)16/h2-7H,1H3,(H,17,18). The van der Waals surface area contributed by atoms with Gasteiger partial charge in [0, 0.05) is 4.88 Å². The van der Waals surface area contributed by atoms with Gasteiger partial charge in [-0.2, -0.15) is 0 Å². The Morgan fingerprint density at radius 3 is 2.58 bits per heavy atom. The quantitative estimate of drug-likeness (QED) is 0.821. The Balaban J connectivity index is 2.15. The average molecular weight is 335 g/mol. The van der Waals surface area contributed by atoms with Gasteiger partial charge in [0.05, 0.1) is 26.0 Å². The van der Waals surface area contributed by atoms with E-state index in [1.807, 2.05) is 13.0 Å². The topological polar surface area (TPSA) is 29.1 Å². The van der Waals surface area contributed by atoms with Crippen molar-refractivity contribution in [2.45, 2.75) is 13.0 Å². The Morgan fingerprint density at radius 1 is 1.21 bits per heavy atom. The van der Waals surface area contributed by atoms with Crippen LogP contribution < -0.4 is 5.32 Å². The minimum atomic E-state index is -0.260. The normalized spacial score (nSPS) is 12.2. The molecule has 0 fully saturated rings. The number of rotatable bonds is 3. The maximum atomic E-state index is 12.1. The van der Waals surface area contributed by atoms with Crippen LogP contribution in [0.1, 0.15) is 28.2 Å². The fraction of sp³-hybridized carbons (Fsp3) is 0.154. The number of thiophene rings is 1. The number of hydrogen-bond donors (Lipinski definition) is 1. The van der Waals surface area contributed by atoms with Gasteiger partial charge in [0.15, 0.2) is 0 Å². The molecule has 1 heterocycles. The van der Waals surface area contributed by atoms with Gasteiger partial charge < -0.3 is 5.32 Å². The zero-order chi connectivity index (χ0) is 14.0. The third kappa shape index (κ3) is 3.42. The van der Waals surface area contributed by atoms with Gasteiger partial charge >= 0.3 is 0 Å². The molecule has 0 spiro atoms. The van der Waals surface area contributed by atoms with E-state index in [9.17, 15) is 4.79 Å². The van der Waals surface area contributed by atoms with E-state index in [1.54, 1.807) is 24.3 Å². The molecule has 1 amide bonds. The van der Waals surface area contributed by atoms with Gasteiger partial charge in [-0.15, -0.1) is 11.3 Å². The highest BCUT2D eigenvalue weighted by Crippen LogP contribution is 2.28. The molecule has 2 nitrogen and oxygen atoms in total. The smallest absolute Gasteiger partial charge is 0.253 e. The summed E-state index contributed by atoms with van der Waals surface area (Å²) >= 11 is 19.2. The largest absolute Gasteiger partial charge is 0.345 e. The lowest BCUT2D eigenvalue weighted by molar-refractivity contribution is 0.0940. The Kier molecular flexibility index (Phi) is 4.74. The van der Waals surface area contributed by atoms with Crippen molar-refractivity contribution < 1.29 is 4.79 Å². The van der Waals surface area contributed by atoms with E-state index in [-0.39, 0.29) is 17.0 Å². The number of amides is 1. The predicted octanol–water partition coefficient (Wildman–Crippen LogP) is 5.20. The molecular formula is C13H10Cl3NOS. The van der Waals surface area contributed by atoms with E-state index < -0.39 is 0 Å². The van der Waals surface area contributed by atoms with Crippen LogP contribution in [-0.2, 0) is 0 Å². The molecule has 0 aliphatic heterocycles. The van der Waals surface area contributed by atoms with Crippen LogP contribution in [0, 0.1) is 0 Å². The van der Waals surface area contributed by atoms with Gasteiger partial charge in [0.1, 0.15) is 0 Å². The predicted molar refractivity (Wildman–Crippen MR) is 81.7 cm³/mol. The fourth-order valence-electron chi connectivity index (χ4n) is 1.59. The summed E-state index contributed by atoms with van der Waals surface area (Å²) in [7, 11) is 0. The average Bonchev–Trinajstić information content (AvgIpc) is 2.79. The molecule has 1 aromatic carbocycles. The van der Waals surface area contributed by atoms with Crippen LogP contribution in [0.3, 0.4) is 0 Å². The van der Waals surface area contributed by atoms with Crippen LogP contribution in [0.25, 0.3) is 0 Å². The van der Waals surface area contributed by atoms with Gasteiger partial charge in [-0.3, -0.25) is 4.79 Å². The van der Waals surface area contributed by atoms with Gasteiger partial charge in [0.25, 0.3) is 5.91 Å². The molecule has 1 aromatic heterocycles. The molecule has 1 atom stereocenters. The third-order valence-corrected chi connectivity index (χ3v) is 4.80. The van der Waals surface area contributed by atoms with Crippen LogP contribution in [0.2, 0.25) is 14.4 Å². The van der Waals surface area contributed by atoms with Crippen molar-refractivity contribution in [2.75, 3.05) is 0 Å². The molecule has 0 aliphatic carbocycles. The number of carbonyl (C=O) groups excluding carboxylic acids is 1. The molecule has 0 saturated carbocycles. The summed E-state index contributed by atoms with van der Waals surface area (Å²) in [6.45, 7) is 1.89.